The lowest BCUT2D eigenvalue weighted by Crippen LogP contribution is -2.32. The molecule has 1 atom stereocenters. The number of nitrogens with two attached hydrogens (primary N) is 1. The lowest BCUT2D eigenvalue weighted by atomic mass is 10.1. The van der Waals surface area contributed by atoms with Crippen LogP contribution in [0.15, 0.2) is 24.3 Å². The van der Waals surface area contributed by atoms with Gasteiger partial charge in [0.2, 0.25) is 15.9 Å². The van der Waals surface area contributed by atoms with Gasteiger partial charge in [-0.3, -0.25) is 9.52 Å². The van der Waals surface area contributed by atoms with Crippen molar-refractivity contribution >= 4 is 34.0 Å². The van der Waals surface area contributed by atoms with Crippen molar-refractivity contribution in [1.82, 2.24) is 5.32 Å². The molecule has 0 bridgehead atoms. The third kappa shape index (κ3) is 6.74. The number of hydrogen-bond donors (Lipinski definition) is 3. The molecule has 114 valence electrons. The van der Waals surface area contributed by atoms with E-state index in [9.17, 15) is 13.2 Å². The maximum absolute atomic E-state index is 11.6. The largest absolute Gasteiger partial charge is 0.352 e. The fourth-order valence-corrected chi connectivity index (χ4v) is 1.98. The van der Waals surface area contributed by atoms with Crippen molar-refractivity contribution in [2.75, 3.05) is 17.5 Å². The molecule has 1 unspecified atom stereocenters. The molecule has 0 aliphatic heterocycles. The van der Waals surface area contributed by atoms with E-state index >= 15 is 0 Å². The first-order chi connectivity index (χ1) is 8.81. The van der Waals surface area contributed by atoms with Crippen molar-refractivity contribution in [3.8, 4) is 0 Å². The molecular weight excluding hydrogens is 302 g/mol. The van der Waals surface area contributed by atoms with Crippen LogP contribution >= 0.6 is 12.4 Å². The summed E-state index contributed by atoms with van der Waals surface area (Å²) in [6, 6.07) is 6.85. The van der Waals surface area contributed by atoms with Gasteiger partial charge in [0.05, 0.1) is 6.26 Å². The summed E-state index contributed by atoms with van der Waals surface area (Å²) >= 11 is 0. The van der Waals surface area contributed by atoms with Crippen molar-refractivity contribution in [3.63, 3.8) is 0 Å². The average molecular weight is 322 g/mol. The van der Waals surface area contributed by atoms with Crippen LogP contribution in [0.5, 0.6) is 0 Å². The zero-order valence-corrected chi connectivity index (χ0v) is 13.1. The molecule has 0 fully saturated rings. The van der Waals surface area contributed by atoms with E-state index in [1.54, 1.807) is 31.2 Å². The first-order valence-electron chi connectivity index (χ1n) is 5.86. The van der Waals surface area contributed by atoms with Crippen molar-refractivity contribution in [1.29, 1.82) is 0 Å². The number of sulfonamides is 1. The van der Waals surface area contributed by atoms with Crippen LogP contribution in [0.3, 0.4) is 0 Å². The zero-order chi connectivity index (χ0) is 14.5. The summed E-state index contributed by atoms with van der Waals surface area (Å²) in [7, 11) is -3.30. The first kappa shape index (κ1) is 18.7. The fraction of sp³-hybridized carbons (Fsp3) is 0.417. The smallest absolute Gasteiger partial charge is 0.229 e. The topological polar surface area (TPSA) is 101 Å². The maximum Gasteiger partial charge on any atom is 0.229 e. The summed E-state index contributed by atoms with van der Waals surface area (Å²) in [5.74, 6) is -0.360. The molecule has 0 spiro atoms. The maximum atomic E-state index is 11.6. The molecule has 6 nitrogen and oxygen atoms in total. The van der Waals surface area contributed by atoms with E-state index in [4.69, 9.17) is 5.73 Å². The van der Waals surface area contributed by atoms with E-state index in [0.29, 0.717) is 18.8 Å². The first-order valence-corrected chi connectivity index (χ1v) is 7.75. The van der Waals surface area contributed by atoms with Crippen molar-refractivity contribution in [3.05, 3.63) is 29.8 Å². The Morgan fingerprint density at radius 1 is 1.40 bits per heavy atom. The van der Waals surface area contributed by atoms with Gasteiger partial charge in [-0.2, -0.15) is 0 Å². The molecule has 0 saturated heterocycles. The minimum Gasteiger partial charge on any atom is -0.352 e. The molecule has 0 saturated carbocycles. The number of anilines is 1. The molecule has 1 aromatic rings. The molecule has 1 amide bonds. The number of carbonyl (C=O) groups excluding carboxylic acids is 1. The van der Waals surface area contributed by atoms with Crippen LogP contribution in [0.1, 0.15) is 12.5 Å². The number of hydrogen-bond acceptors (Lipinski definition) is 4. The van der Waals surface area contributed by atoms with Crippen LogP contribution in [0.4, 0.5) is 5.69 Å². The second kappa shape index (κ2) is 8.08. The van der Waals surface area contributed by atoms with Crippen LogP contribution in [0, 0.1) is 5.92 Å². The number of carbonyl (C=O) groups is 1. The standard InChI is InChI=1S/C12H19N3O3S.ClH/c1-9(7-13)12(16)14-8-10-4-3-5-11(6-10)15-19(2,17)18;/h3-6,9,15H,7-8,13H2,1-2H3,(H,14,16);1H. The summed E-state index contributed by atoms with van der Waals surface area (Å²) in [5, 5.41) is 2.74. The van der Waals surface area contributed by atoms with Crippen LogP contribution in [0.25, 0.3) is 0 Å². The Balaban J connectivity index is 0.00000361. The van der Waals surface area contributed by atoms with Crippen molar-refractivity contribution in [2.45, 2.75) is 13.5 Å². The number of benzene rings is 1. The highest BCUT2D eigenvalue weighted by Crippen LogP contribution is 2.11. The molecule has 0 heterocycles. The molecule has 8 heteroatoms. The lowest BCUT2D eigenvalue weighted by Gasteiger charge is -2.11. The average Bonchev–Trinajstić information content (AvgIpc) is 2.33. The van der Waals surface area contributed by atoms with Crippen molar-refractivity contribution in [2.24, 2.45) is 11.7 Å². The minimum atomic E-state index is -3.30. The summed E-state index contributed by atoms with van der Waals surface area (Å²) < 4.78 is 24.6. The normalized spacial score (nSPS) is 12.2. The fourth-order valence-electron chi connectivity index (χ4n) is 1.43. The zero-order valence-electron chi connectivity index (χ0n) is 11.4. The van der Waals surface area contributed by atoms with Crippen LogP contribution < -0.4 is 15.8 Å². The van der Waals surface area contributed by atoms with Gasteiger partial charge in [0, 0.05) is 24.7 Å². The second-order valence-corrected chi connectivity index (χ2v) is 6.18. The molecule has 0 radical (unpaired) electrons. The number of amides is 1. The molecular formula is C12H20ClN3O3S. The van der Waals surface area contributed by atoms with E-state index in [0.717, 1.165) is 11.8 Å². The molecule has 1 aromatic carbocycles. The summed E-state index contributed by atoms with van der Waals surface area (Å²) in [5.41, 5.74) is 6.68. The van der Waals surface area contributed by atoms with Gasteiger partial charge in [0.15, 0.2) is 0 Å². The Kier molecular flexibility index (Phi) is 7.55. The van der Waals surface area contributed by atoms with Gasteiger partial charge in [0.25, 0.3) is 0 Å². The predicted molar refractivity (Wildman–Crippen MR) is 82.2 cm³/mol. The van der Waals surface area contributed by atoms with E-state index < -0.39 is 10.0 Å². The molecule has 20 heavy (non-hydrogen) atoms. The van der Waals surface area contributed by atoms with Crippen LogP contribution in [-0.4, -0.2) is 27.1 Å². The van der Waals surface area contributed by atoms with Gasteiger partial charge in [-0.1, -0.05) is 19.1 Å². The highest BCUT2D eigenvalue weighted by atomic mass is 35.5. The molecule has 1 rings (SSSR count). The van der Waals surface area contributed by atoms with Gasteiger partial charge in [0.1, 0.15) is 0 Å². The SMILES string of the molecule is CC(CN)C(=O)NCc1cccc(NS(C)(=O)=O)c1.Cl. The summed E-state index contributed by atoms with van der Waals surface area (Å²) in [4.78, 5) is 11.6. The van der Waals surface area contributed by atoms with E-state index in [-0.39, 0.29) is 24.2 Å². The molecule has 4 N–H and O–H groups in total. The van der Waals surface area contributed by atoms with Crippen LogP contribution in [0.2, 0.25) is 0 Å². The molecule has 0 aliphatic rings. The van der Waals surface area contributed by atoms with Gasteiger partial charge >= 0.3 is 0 Å². The number of nitrogens with one attached hydrogen (secondary N) is 2. The Labute approximate surface area is 125 Å². The Morgan fingerprint density at radius 3 is 2.60 bits per heavy atom. The summed E-state index contributed by atoms with van der Waals surface area (Å²) in [6.07, 6.45) is 1.09. The Bertz CT molecular complexity index is 549. The lowest BCUT2D eigenvalue weighted by molar-refractivity contribution is -0.124. The molecule has 0 aliphatic carbocycles. The minimum absolute atomic E-state index is 0. The van der Waals surface area contributed by atoms with Gasteiger partial charge in [-0.25, -0.2) is 8.42 Å². The van der Waals surface area contributed by atoms with Gasteiger partial charge < -0.3 is 11.1 Å². The quantitative estimate of drug-likeness (QED) is 0.717. The van der Waals surface area contributed by atoms with E-state index in [1.807, 2.05) is 0 Å². The monoisotopic (exact) mass is 321 g/mol. The van der Waals surface area contributed by atoms with E-state index in [2.05, 4.69) is 10.0 Å². The van der Waals surface area contributed by atoms with Gasteiger partial charge in [-0.05, 0) is 17.7 Å². The molecule has 0 aromatic heterocycles. The van der Waals surface area contributed by atoms with E-state index in [1.165, 1.54) is 0 Å². The second-order valence-electron chi connectivity index (χ2n) is 4.43. The van der Waals surface area contributed by atoms with Crippen molar-refractivity contribution < 1.29 is 13.2 Å². The number of halogens is 1. The highest BCUT2D eigenvalue weighted by Gasteiger charge is 2.10. The third-order valence-electron chi connectivity index (χ3n) is 2.50. The Morgan fingerprint density at radius 2 is 2.05 bits per heavy atom. The van der Waals surface area contributed by atoms with Gasteiger partial charge in [-0.15, -0.1) is 12.4 Å². The predicted octanol–water partition coefficient (Wildman–Crippen LogP) is 0.691. The Hall–Kier alpha value is -1.31. The highest BCUT2D eigenvalue weighted by molar-refractivity contribution is 7.92. The van der Waals surface area contributed by atoms with Crippen LogP contribution in [-0.2, 0) is 21.4 Å². The number of rotatable bonds is 6. The third-order valence-corrected chi connectivity index (χ3v) is 3.10. The summed E-state index contributed by atoms with van der Waals surface area (Å²) in [6.45, 7) is 2.38.